The normalized spacial score (nSPS) is 16.3. The summed E-state index contributed by atoms with van der Waals surface area (Å²) in [7, 11) is 0. The second-order valence-corrected chi connectivity index (χ2v) is 9.02. The van der Waals surface area contributed by atoms with Gasteiger partial charge in [-0.25, -0.2) is 4.98 Å². The van der Waals surface area contributed by atoms with Gasteiger partial charge in [-0.15, -0.1) is 11.3 Å². The first-order chi connectivity index (χ1) is 15.6. The lowest BCUT2D eigenvalue weighted by Gasteiger charge is -2.29. The molecule has 0 bridgehead atoms. The van der Waals surface area contributed by atoms with Crippen molar-refractivity contribution in [2.24, 2.45) is 0 Å². The average molecular weight is 447 g/mol. The van der Waals surface area contributed by atoms with Gasteiger partial charge in [-0.2, -0.15) is 0 Å². The van der Waals surface area contributed by atoms with Gasteiger partial charge in [0.15, 0.2) is 0 Å². The Morgan fingerprint density at radius 1 is 1.03 bits per heavy atom. The van der Waals surface area contributed by atoms with Gasteiger partial charge in [-0.3, -0.25) is 24.3 Å². The molecule has 8 heteroatoms. The molecule has 162 valence electrons. The van der Waals surface area contributed by atoms with E-state index in [-0.39, 0.29) is 30.3 Å². The van der Waals surface area contributed by atoms with E-state index in [0.717, 1.165) is 48.4 Å². The lowest BCUT2D eigenvalue weighted by molar-refractivity contribution is 0.0549. The lowest BCUT2D eigenvalue weighted by Crippen LogP contribution is -2.40. The van der Waals surface area contributed by atoms with E-state index >= 15 is 0 Å². The Balaban J connectivity index is 1.27. The largest absolute Gasteiger partial charge is 0.346 e. The molecular formula is C24H22N4O3S. The van der Waals surface area contributed by atoms with Crippen LogP contribution in [0.2, 0.25) is 0 Å². The SMILES string of the molecule is O=C(NCc1nc(-c2ccncc2)cs1)c1ccc2c(c1)C(=O)N(C1CCCCC1)C2=O. The molecule has 1 aliphatic heterocycles. The monoisotopic (exact) mass is 446 g/mol. The summed E-state index contributed by atoms with van der Waals surface area (Å²) in [5.74, 6) is -0.825. The molecule has 3 heterocycles. The average Bonchev–Trinajstić information content (AvgIpc) is 3.41. The van der Waals surface area contributed by atoms with Crippen molar-refractivity contribution in [1.82, 2.24) is 20.2 Å². The van der Waals surface area contributed by atoms with Crippen LogP contribution >= 0.6 is 11.3 Å². The lowest BCUT2D eigenvalue weighted by atomic mass is 9.94. The Hall–Kier alpha value is -3.39. The zero-order chi connectivity index (χ0) is 22.1. The predicted octanol–water partition coefficient (Wildman–Crippen LogP) is 4.06. The number of hydrogen-bond acceptors (Lipinski definition) is 6. The Bertz CT molecular complexity index is 1180. The van der Waals surface area contributed by atoms with E-state index in [0.29, 0.717) is 16.7 Å². The molecule has 7 nitrogen and oxygen atoms in total. The van der Waals surface area contributed by atoms with Crippen LogP contribution in [0.3, 0.4) is 0 Å². The number of nitrogens with one attached hydrogen (secondary N) is 1. The van der Waals surface area contributed by atoms with Gasteiger partial charge >= 0.3 is 0 Å². The zero-order valence-electron chi connectivity index (χ0n) is 17.4. The van der Waals surface area contributed by atoms with Gasteiger partial charge in [0.1, 0.15) is 5.01 Å². The van der Waals surface area contributed by atoms with Gasteiger partial charge in [-0.1, -0.05) is 19.3 Å². The fraction of sp³-hybridized carbons (Fsp3) is 0.292. The second-order valence-electron chi connectivity index (χ2n) is 8.08. The highest BCUT2D eigenvalue weighted by molar-refractivity contribution is 7.09. The first kappa shape index (κ1) is 20.5. The Labute approximate surface area is 189 Å². The third-order valence-corrected chi connectivity index (χ3v) is 6.90. The summed E-state index contributed by atoms with van der Waals surface area (Å²) in [6.45, 7) is 0.284. The summed E-state index contributed by atoms with van der Waals surface area (Å²) in [4.78, 5) is 48.5. The maximum Gasteiger partial charge on any atom is 0.261 e. The molecule has 3 amide bonds. The maximum atomic E-state index is 13.0. The number of fused-ring (bicyclic) bond motifs is 1. The number of pyridine rings is 1. The number of imide groups is 1. The number of nitrogens with zero attached hydrogens (tertiary/aromatic N) is 3. The van der Waals surface area contributed by atoms with E-state index in [2.05, 4.69) is 15.3 Å². The second kappa shape index (κ2) is 8.63. The van der Waals surface area contributed by atoms with E-state index in [1.807, 2.05) is 17.5 Å². The van der Waals surface area contributed by atoms with Crippen molar-refractivity contribution < 1.29 is 14.4 Å². The van der Waals surface area contributed by atoms with E-state index in [1.54, 1.807) is 24.5 Å². The van der Waals surface area contributed by atoms with Crippen LogP contribution in [0.15, 0.2) is 48.1 Å². The van der Waals surface area contributed by atoms with Crippen LogP contribution in [-0.4, -0.2) is 38.6 Å². The predicted molar refractivity (Wildman–Crippen MR) is 120 cm³/mol. The Morgan fingerprint density at radius 2 is 1.78 bits per heavy atom. The Morgan fingerprint density at radius 3 is 2.56 bits per heavy atom. The highest BCUT2D eigenvalue weighted by atomic mass is 32.1. The quantitative estimate of drug-likeness (QED) is 0.597. The van der Waals surface area contributed by atoms with E-state index in [9.17, 15) is 14.4 Å². The summed E-state index contributed by atoms with van der Waals surface area (Å²) in [6.07, 6.45) is 8.35. The van der Waals surface area contributed by atoms with Crippen molar-refractivity contribution in [3.8, 4) is 11.3 Å². The number of carbonyl (C=O) groups excluding carboxylic acids is 3. The molecule has 3 aromatic rings. The number of benzene rings is 1. The summed E-state index contributed by atoms with van der Waals surface area (Å²) in [5, 5.41) is 5.58. The summed E-state index contributed by atoms with van der Waals surface area (Å²) >= 11 is 1.47. The third-order valence-electron chi connectivity index (χ3n) is 6.05. The molecule has 0 atom stereocenters. The molecule has 32 heavy (non-hydrogen) atoms. The molecule has 1 aliphatic carbocycles. The highest BCUT2D eigenvalue weighted by Crippen LogP contribution is 2.31. The fourth-order valence-electron chi connectivity index (χ4n) is 4.38. The number of hydrogen-bond donors (Lipinski definition) is 1. The molecule has 2 aromatic heterocycles. The Kier molecular flexibility index (Phi) is 5.53. The van der Waals surface area contributed by atoms with Crippen molar-refractivity contribution in [3.05, 3.63) is 69.8 Å². The molecule has 0 radical (unpaired) electrons. The molecule has 1 N–H and O–H groups in total. The van der Waals surface area contributed by atoms with Gasteiger partial charge in [0.2, 0.25) is 0 Å². The van der Waals surface area contributed by atoms with Gasteiger partial charge in [0.05, 0.1) is 23.4 Å². The van der Waals surface area contributed by atoms with Crippen LogP contribution in [0.5, 0.6) is 0 Å². The number of amides is 3. The van der Waals surface area contributed by atoms with Crippen LogP contribution in [0, 0.1) is 0 Å². The van der Waals surface area contributed by atoms with E-state index < -0.39 is 0 Å². The maximum absolute atomic E-state index is 13.0. The minimum atomic E-state index is -0.301. The number of aromatic nitrogens is 2. The summed E-state index contributed by atoms with van der Waals surface area (Å²) in [6, 6.07) is 8.48. The first-order valence-corrected chi connectivity index (χ1v) is 11.6. The van der Waals surface area contributed by atoms with Gasteiger partial charge < -0.3 is 5.32 Å². The van der Waals surface area contributed by atoms with Crippen LogP contribution in [0.25, 0.3) is 11.3 Å². The minimum absolute atomic E-state index is 0.0343. The third kappa shape index (κ3) is 3.82. The molecule has 0 saturated heterocycles. The van der Waals surface area contributed by atoms with Crippen LogP contribution in [0.4, 0.5) is 0 Å². The van der Waals surface area contributed by atoms with Gasteiger partial charge in [-0.05, 0) is 43.2 Å². The highest BCUT2D eigenvalue weighted by Gasteiger charge is 2.40. The van der Waals surface area contributed by atoms with Crippen LogP contribution in [0.1, 0.15) is 68.2 Å². The molecule has 1 saturated carbocycles. The molecule has 5 rings (SSSR count). The number of thiazole rings is 1. The van der Waals surface area contributed by atoms with Crippen molar-refractivity contribution >= 4 is 29.1 Å². The van der Waals surface area contributed by atoms with Gasteiger partial charge in [0, 0.05) is 34.9 Å². The summed E-state index contributed by atoms with van der Waals surface area (Å²) in [5.41, 5.74) is 2.88. The van der Waals surface area contributed by atoms with E-state index in [1.165, 1.54) is 22.3 Å². The standard InChI is InChI=1S/C24H22N4O3S/c29-22(26-13-21-27-20(14-32-21)15-8-10-25-11-9-15)16-6-7-18-19(12-16)24(31)28(23(18)30)17-4-2-1-3-5-17/h6-12,14,17H,1-5,13H2,(H,26,29). The van der Waals surface area contributed by atoms with Crippen molar-refractivity contribution in [2.45, 2.75) is 44.7 Å². The minimum Gasteiger partial charge on any atom is -0.346 e. The molecule has 2 aliphatic rings. The molecule has 0 unspecified atom stereocenters. The first-order valence-electron chi connectivity index (χ1n) is 10.8. The molecule has 1 fully saturated rings. The molecule has 1 aromatic carbocycles. The van der Waals surface area contributed by atoms with Crippen LogP contribution in [-0.2, 0) is 6.54 Å². The molecule has 0 spiro atoms. The summed E-state index contributed by atoms with van der Waals surface area (Å²) < 4.78 is 0. The zero-order valence-corrected chi connectivity index (χ0v) is 18.2. The molecular weight excluding hydrogens is 424 g/mol. The fourth-order valence-corrected chi connectivity index (χ4v) is 5.12. The number of rotatable bonds is 5. The van der Waals surface area contributed by atoms with Crippen molar-refractivity contribution in [3.63, 3.8) is 0 Å². The van der Waals surface area contributed by atoms with Crippen LogP contribution < -0.4 is 5.32 Å². The van der Waals surface area contributed by atoms with Crippen molar-refractivity contribution in [1.29, 1.82) is 0 Å². The topological polar surface area (TPSA) is 92.3 Å². The smallest absolute Gasteiger partial charge is 0.261 e. The van der Waals surface area contributed by atoms with Crippen molar-refractivity contribution in [2.75, 3.05) is 0 Å². The number of carbonyl (C=O) groups is 3. The van der Waals surface area contributed by atoms with E-state index in [4.69, 9.17) is 0 Å². The van der Waals surface area contributed by atoms with Gasteiger partial charge in [0.25, 0.3) is 17.7 Å².